The van der Waals surface area contributed by atoms with Gasteiger partial charge in [-0.25, -0.2) is 4.98 Å². The molecule has 0 saturated heterocycles. The minimum absolute atomic E-state index is 0.200. The number of fused-ring (bicyclic) bond motifs is 3. The maximum atomic E-state index is 13.4. The van der Waals surface area contributed by atoms with E-state index in [1.54, 1.807) is 54.7 Å². The Morgan fingerprint density at radius 2 is 1.69 bits per heavy atom. The molecule has 4 heterocycles. The largest absolute Gasteiger partial charge is 0.497 e. The number of pyridine rings is 4. The number of ether oxygens (including phenoxy) is 1. The van der Waals surface area contributed by atoms with Crippen LogP contribution >= 0.6 is 0 Å². The monoisotopic (exact) mass is 424 g/mol. The highest BCUT2D eigenvalue weighted by Gasteiger charge is 2.16. The Balaban J connectivity index is 1.69. The number of benzene rings is 1. The third-order valence-corrected chi connectivity index (χ3v) is 5.74. The predicted octanol–water partition coefficient (Wildman–Crippen LogP) is 3.71. The van der Waals surface area contributed by atoms with Gasteiger partial charge in [0.05, 0.1) is 29.4 Å². The van der Waals surface area contributed by atoms with E-state index >= 15 is 0 Å². The molecule has 0 spiro atoms. The maximum absolute atomic E-state index is 13.4. The lowest BCUT2D eigenvalue weighted by Crippen LogP contribution is -2.25. The molecule has 32 heavy (non-hydrogen) atoms. The van der Waals surface area contributed by atoms with Crippen LogP contribution in [0.3, 0.4) is 0 Å². The second kappa shape index (κ2) is 7.77. The van der Waals surface area contributed by atoms with Crippen molar-refractivity contribution in [3.05, 3.63) is 106 Å². The fourth-order valence-electron chi connectivity index (χ4n) is 3.96. The van der Waals surface area contributed by atoms with Crippen LogP contribution in [0, 0.1) is 0 Å². The predicted molar refractivity (Wildman–Crippen MR) is 124 cm³/mol. The number of rotatable bonds is 4. The van der Waals surface area contributed by atoms with Crippen molar-refractivity contribution in [3.63, 3.8) is 0 Å². The molecule has 5 rings (SSSR count). The molecule has 0 aliphatic rings. The van der Waals surface area contributed by atoms with Crippen molar-refractivity contribution in [2.24, 2.45) is 0 Å². The fraction of sp³-hybridized carbons (Fsp3) is 0.120. The summed E-state index contributed by atoms with van der Waals surface area (Å²) in [7, 11) is 1.62. The third kappa shape index (κ3) is 3.15. The lowest BCUT2D eigenvalue weighted by Gasteiger charge is -2.17. The van der Waals surface area contributed by atoms with Crippen LogP contribution in [-0.2, 0) is 0 Å². The molecule has 0 aliphatic carbocycles. The van der Waals surface area contributed by atoms with Crippen molar-refractivity contribution in [2.75, 3.05) is 7.11 Å². The molecule has 4 aromatic heterocycles. The van der Waals surface area contributed by atoms with Gasteiger partial charge in [-0.15, -0.1) is 0 Å². The summed E-state index contributed by atoms with van der Waals surface area (Å²) in [6, 6.07) is 16.3. The van der Waals surface area contributed by atoms with Crippen molar-refractivity contribution >= 4 is 21.7 Å². The van der Waals surface area contributed by atoms with Crippen LogP contribution in [0.5, 0.6) is 5.75 Å². The Hall–Kier alpha value is -4.26. The van der Waals surface area contributed by atoms with E-state index in [2.05, 4.69) is 9.97 Å². The first-order valence-electron chi connectivity index (χ1n) is 10.2. The molecule has 0 saturated carbocycles. The summed E-state index contributed by atoms with van der Waals surface area (Å²) in [6.07, 6.45) is 6.56. The van der Waals surface area contributed by atoms with E-state index in [1.807, 2.05) is 43.3 Å². The van der Waals surface area contributed by atoms with Crippen molar-refractivity contribution in [2.45, 2.75) is 13.0 Å². The van der Waals surface area contributed by atoms with Gasteiger partial charge in [0.15, 0.2) is 0 Å². The zero-order valence-electron chi connectivity index (χ0n) is 17.6. The Bertz CT molecular complexity index is 1550. The molecule has 0 bridgehead atoms. The van der Waals surface area contributed by atoms with Gasteiger partial charge in [0.25, 0.3) is 11.1 Å². The average molecular weight is 424 g/mol. The van der Waals surface area contributed by atoms with Crippen LogP contribution in [-0.4, -0.2) is 26.2 Å². The molecule has 0 amide bonds. The molecule has 7 nitrogen and oxygen atoms in total. The summed E-state index contributed by atoms with van der Waals surface area (Å²) in [5.41, 5.74) is 1.04. The normalized spacial score (nSPS) is 12.2. The van der Waals surface area contributed by atoms with Gasteiger partial charge in [-0.1, -0.05) is 18.2 Å². The smallest absolute Gasteiger partial charge is 0.266 e. The van der Waals surface area contributed by atoms with Gasteiger partial charge >= 0.3 is 0 Å². The molecule has 0 aliphatic heterocycles. The zero-order valence-corrected chi connectivity index (χ0v) is 17.6. The van der Waals surface area contributed by atoms with E-state index in [4.69, 9.17) is 4.74 Å². The summed E-state index contributed by atoms with van der Waals surface area (Å²) in [5, 5.41) is 1.38. The summed E-state index contributed by atoms with van der Waals surface area (Å²) < 4.78 is 8.33. The van der Waals surface area contributed by atoms with Gasteiger partial charge in [-0.05, 0) is 48.9 Å². The molecular weight excluding hydrogens is 404 g/mol. The van der Waals surface area contributed by atoms with E-state index in [-0.39, 0.29) is 17.2 Å². The minimum Gasteiger partial charge on any atom is -0.497 e. The molecule has 0 N–H and O–H groups in total. The second-order valence-corrected chi connectivity index (χ2v) is 7.50. The molecule has 1 aromatic carbocycles. The van der Waals surface area contributed by atoms with Crippen LogP contribution in [0.2, 0.25) is 0 Å². The third-order valence-electron chi connectivity index (χ3n) is 5.74. The molecule has 158 valence electrons. The van der Waals surface area contributed by atoms with Gasteiger partial charge in [0.1, 0.15) is 11.6 Å². The summed E-state index contributed by atoms with van der Waals surface area (Å²) in [5.74, 6) is 1.27. The molecule has 7 heteroatoms. The van der Waals surface area contributed by atoms with Crippen molar-refractivity contribution in [1.29, 1.82) is 0 Å². The first-order chi connectivity index (χ1) is 15.6. The van der Waals surface area contributed by atoms with Crippen molar-refractivity contribution in [3.8, 4) is 11.6 Å². The van der Waals surface area contributed by atoms with Crippen LogP contribution < -0.4 is 15.9 Å². The maximum Gasteiger partial charge on any atom is 0.266 e. The lowest BCUT2D eigenvalue weighted by molar-refractivity contribution is 0.414. The Morgan fingerprint density at radius 1 is 0.875 bits per heavy atom. The zero-order chi connectivity index (χ0) is 22.2. The van der Waals surface area contributed by atoms with Gasteiger partial charge in [-0.3, -0.25) is 19.1 Å². The van der Waals surface area contributed by atoms with E-state index in [0.29, 0.717) is 27.5 Å². The highest BCUT2D eigenvalue weighted by atomic mass is 16.5. The topological polar surface area (TPSA) is 79.0 Å². The lowest BCUT2D eigenvalue weighted by atomic mass is 10.1. The molecular formula is C25H20N4O3. The first kappa shape index (κ1) is 19.7. The number of hydrogen-bond donors (Lipinski definition) is 0. The minimum atomic E-state index is -0.264. The van der Waals surface area contributed by atoms with Gasteiger partial charge in [0.2, 0.25) is 0 Å². The number of nitrogens with zero attached hydrogens (tertiary/aromatic N) is 4. The molecule has 5 aromatic rings. The Morgan fingerprint density at radius 3 is 2.41 bits per heavy atom. The Labute approximate surface area is 183 Å². The SMILES string of the molecule is COc1ccc(C(C)n2ccc3c(cnc4ccn(-c5ccccn5)c(=O)c43)c2=O)cc1. The molecule has 0 radical (unpaired) electrons. The second-order valence-electron chi connectivity index (χ2n) is 7.50. The van der Waals surface area contributed by atoms with Crippen LogP contribution in [0.1, 0.15) is 18.5 Å². The van der Waals surface area contributed by atoms with E-state index in [9.17, 15) is 9.59 Å². The molecule has 0 fully saturated rings. The Kier molecular flexibility index (Phi) is 4.78. The van der Waals surface area contributed by atoms with E-state index in [0.717, 1.165) is 11.3 Å². The first-order valence-corrected chi connectivity index (χ1v) is 10.2. The summed E-state index contributed by atoms with van der Waals surface area (Å²) >= 11 is 0. The average Bonchev–Trinajstić information content (AvgIpc) is 2.84. The summed E-state index contributed by atoms with van der Waals surface area (Å²) in [4.78, 5) is 35.3. The summed E-state index contributed by atoms with van der Waals surface area (Å²) in [6.45, 7) is 1.96. The number of hydrogen-bond acceptors (Lipinski definition) is 5. The standard InChI is InChI=1S/C25H20N4O3/c1-16(17-6-8-18(32-2)9-7-17)28-13-10-19-20(24(28)30)15-27-21-11-14-29(25(31)23(19)21)22-5-3-4-12-26-22/h3-16H,1-2H3. The molecule has 1 unspecified atom stereocenters. The highest BCUT2D eigenvalue weighted by Crippen LogP contribution is 2.23. The van der Waals surface area contributed by atoms with Crippen LogP contribution in [0.15, 0.2) is 89.0 Å². The highest BCUT2D eigenvalue weighted by molar-refractivity contribution is 6.04. The van der Waals surface area contributed by atoms with E-state index < -0.39 is 0 Å². The van der Waals surface area contributed by atoms with Crippen LogP contribution in [0.25, 0.3) is 27.5 Å². The molecule has 1 atom stereocenters. The quantitative estimate of drug-likeness (QED) is 0.411. The van der Waals surface area contributed by atoms with Gasteiger partial charge in [0, 0.05) is 30.2 Å². The van der Waals surface area contributed by atoms with Gasteiger partial charge in [-0.2, -0.15) is 0 Å². The van der Waals surface area contributed by atoms with Gasteiger partial charge < -0.3 is 9.30 Å². The van der Waals surface area contributed by atoms with Crippen LogP contribution in [0.4, 0.5) is 0 Å². The van der Waals surface area contributed by atoms with Crippen molar-refractivity contribution < 1.29 is 4.74 Å². The van der Waals surface area contributed by atoms with E-state index in [1.165, 1.54) is 4.57 Å². The number of aromatic nitrogens is 4. The number of methoxy groups -OCH3 is 1. The fourth-order valence-corrected chi connectivity index (χ4v) is 3.96. The van der Waals surface area contributed by atoms with Crippen molar-refractivity contribution in [1.82, 2.24) is 19.1 Å².